The molecule has 1 aliphatic heterocycles. The molecule has 0 spiro atoms. The molecule has 1 saturated heterocycles. The Morgan fingerprint density at radius 3 is 2.65 bits per heavy atom. The Kier molecular flexibility index (Phi) is 6.12. The SMILES string of the molecule is CCCCc1ccc(N=C2NC(=O)C(=Cc3ccccc3OC)S2)cc1. The van der Waals surface area contributed by atoms with E-state index in [0.717, 1.165) is 23.4 Å². The van der Waals surface area contributed by atoms with Crippen LogP contribution in [0.5, 0.6) is 5.75 Å². The summed E-state index contributed by atoms with van der Waals surface area (Å²) in [6.45, 7) is 2.19. The van der Waals surface area contributed by atoms with Crippen LogP contribution in [0.4, 0.5) is 5.69 Å². The van der Waals surface area contributed by atoms with Gasteiger partial charge in [0, 0.05) is 5.56 Å². The Bertz CT molecular complexity index is 841. The van der Waals surface area contributed by atoms with Gasteiger partial charge in [-0.25, -0.2) is 4.99 Å². The molecule has 0 unspecified atom stereocenters. The summed E-state index contributed by atoms with van der Waals surface area (Å²) in [5.74, 6) is 0.598. The summed E-state index contributed by atoms with van der Waals surface area (Å²) in [5, 5.41) is 3.42. The molecule has 0 saturated carbocycles. The predicted molar refractivity (Wildman–Crippen MR) is 109 cm³/mol. The van der Waals surface area contributed by atoms with Gasteiger partial charge in [0.05, 0.1) is 17.7 Å². The van der Waals surface area contributed by atoms with Crippen molar-refractivity contribution in [3.63, 3.8) is 0 Å². The van der Waals surface area contributed by atoms with Crippen LogP contribution in [0.3, 0.4) is 0 Å². The van der Waals surface area contributed by atoms with E-state index in [9.17, 15) is 4.79 Å². The van der Waals surface area contributed by atoms with Gasteiger partial charge in [0.15, 0.2) is 5.17 Å². The topological polar surface area (TPSA) is 50.7 Å². The molecule has 0 bridgehead atoms. The van der Waals surface area contributed by atoms with Gasteiger partial charge in [-0.15, -0.1) is 0 Å². The highest BCUT2D eigenvalue weighted by Crippen LogP contribution is 2.30. The third-order valence-electron chi connectivity index (χ3n) is 4.06. The summed E-state index contributed by atoms with van der Waals surface area (Å²) in [4.78, 5) is 17.4. The molecule has 4 nitrogen and oxygen atoms in total. The van der Waals surface area contributed by atoms with Crippen molar-refractivity contribution in [2.45, 2.75) is 26.2 Å². The van der Waals surface area contributed by atoms with Crippen molar-refractivity contribution >= 4 is 34.6 Å². The fourth-order valence-corrected chi connectivity index (χ4v) is 3.48. The third-order valence-corrected chi connectivity index (χ3v) is 4.97. The van der Waals surface area contributed by atoms with E-state index < -0.39 is 0 Å². The van der Waals surface area contributed by atoms with E-state index in [2.05, 4.69) is 29.4 Å². The Morgan fingerprint density at radius 2 is 1.92 bits per heavy atom. The largest absolute Gasteiger partial charge is 0.496 e. The number of carbonyl (C=O) groups excluding carboxylic acids is 1. The van der Waals surface area contributed by atoms with Crippen molar-refractivity contribution in [3.05, 3.63) is 64.6 Å². The molecule has 1 N–H and O–H groups in total. The minimum atomic E-state index is -0.140. The molecule has 1 fully saturated rings. The molecule has 1 amide bonds. The number of carbonyl (C=O) groups is 1. The average molecular weight is 366 g/mol. The van der Waals surface area contributed by atoms with Crippen LogP contribution in [0.15, 0.2) is 58.4 Å². The number of amidine groups is 1. The van der Waals surface area contributed by atoms with E-state index in [1.807, 2.05) is 42.5 Å². The number of aliphatic imine (C=N–C) groups is 1. The number of nitrogens with one attached hydrogen (secondary N) is 1. The number of hydrogen-bond acceptors (Lipinski definition) is 4. The van der Waals surface area contributed by atoms with Crippen molar-refractivity contribution < 1.29 is 9.53 Å². The first-order chi connectivity index (χ1) is 12.7. The lowest BCUT2D eigenvalue weighted by Crippen LogP contribution is -2.19. The number of amides is 1. The molecule has 5 heteroatoms. The number of benzene rings is 2. The molecule has 0 aromatic heterocycles. The van der Waals surface area contributed by atoms with Gasteiger partial charge >= 0.3 is 0 Å². The second-order valence-corrected chi connectivity index (χ2v) is 7.02. The number of aryl methyl sites for hydroxylation is 1. The molecular formula is C21H22N2O2S. The number of hydrogen-bond donors (Lipinski definition) is 1. The van der Waals surface area contributed by atoms with Crippen LogP contribution in [0.25, 0.3) is 6.08 Å². The quantitative estimate of drug-likeness (QED) is 0.738. The molecule has 0 aliphatic carbocycles. The normalized spacial score (nSPS) is 16.9. The van der Waals surface area contributed by atoms with Gasteiger partial charge in [0.2, 0.25) is 0 Å². The van der Waals surface area contributed by atoms with E-state index in [-0.39, 0.29) is 5.91 Å². The zero-order valence-electron chi connectivity index (χ0n) is 15.0. The van der Waals surface area contributed by atoms with Crippen molar-refractivity contribution in [3.8, 4) is 5.75 Å². The number of unbranched alkanes of at least 4 members (excludes halogenated alkanes) is 1. The first-order valence-electron chi connectivity index (χ1n) is 8.71. The van der Waals surface area contributed by atoms with Crippen LogP contribution < -0.4 is 10.1 Å². The van der Waals surface area contributed by atoms with Gasteiger partial charge in [-0.2, -0.15) is 0 Å². The first kappa shape index (κ1) is 18.3. The number of para-hydroxylation sites is 1. The summed E-state index contributed by atoms with van der Waals surface area (Å²) >= 11 is 1.34. The lowest BCUT2D eigenvalue weighted by atomic mass is 10.1. The summed E-state index contributed by atoms with van der Waals surface area (Å²) in [6.07, 6.45) is 5.30. The van der Waals surface area contributed by atoms with Crippen LogP contribution in [-0.2, 0) is 11.2 Å². The number of thioether (sulfide) groups is 1. The highest BCUT2D eigenvalue weighted by atomic mass is 32.2. The molecule has 3 rings (SSSR count). The van der Waals surface area contributed by atoms with Gasteiger partial charge in [-0.05, 0) is 54.4 Å². The fraction of sp³-hybridized carbons (Fsp3) is 0.238. The second kappa shape index (κ2) is 8.72. The maximum absolute atomic E-state index is 12.2. The molecule has 0 radical (unpaired) electrons. The number of nitrogens with zero attached hydrogens (tertiary/aromatic N) is 1. The monoisotopic (exact) mass is 366 g/mol. The maximum Gasteiger partial charge on any atom is 0.264 e. The number of rotatable bonds is 6. The lowest BCUT2D eigenvalue weighted by molar-refractivity contribution is -0.115. The van der Waals surface area contributed by atoms with Gasteiger partial charge in [0.25, 0.3) is 5.91 Å². The summed E-state index contributed by atoms with van der Waals surface area (Å²) < 4.78 is 5.34. The smallest absolute Gasteiger partial charge is 0.264 e. The van der Waals surface area contributed by atoms with Crippen LogP contribution in [0.2, 0.25) is 0 Å². The Balaban J connectivity index is 1.74. The fourth-order valence-electron chi connectivity index (χ4n) is 2.64. The van der Waals surface area contributed by atoms with Crippen LogP contribution in [0, 0.1) is 0 Å². The Morgan fingerprint density at radius 1 is 1.15 bits per heavy atom. The van der Waals surface area contributed by atoms with Gasteiger partial charge < -0.3 is 10.1 Å². The summed E-state index contributed by atoms with van der Waals surface area (Å²) in [6, 6.07) is 15.8. The molecule has 26 heavy (non-hydrogen) atoms. The highest BCUT2D eigenvalue weighted by molar-refractivity contribution is 8.18. The Labute approximate surface area is 158 Å². The van der Waals surface area contributed by atoms with E-state index in [1.165, 1.54) is 30.2 Å². The van der Waals surface area contributed by atoms with E-state index in [4.69, 9.17) is 4.74 Å². The van der Waals surface area contributed by atoms with E-state index in [1.54, 1.807) is 7.11 Å². The zero-order chi connectivity index (χ0) is 18.4. The van der Waals surface area contributed by atoms with Crippen LogP contribution in [0.1, 0.15) is 30.9 Å². The third kappa shape index (κ3) is 4.55. The molecular weight excluding hydrogens is 344 g/mol. The molecule has 2 aromatic carbocycles. The molecule has 1 aliphatic rings. The van der Waals surface area contributed by atoms with Gasteiger partial charge in [0.1, 0.15) is 5.75 Å². The van der Waals surface area contributed by atoms with Crippen LogP contribution in [-0.4, -0.2) is 18.2 Å². The van der Waals surface area contributed by atoms with Crippen molar-refractivity contribution in [1.29, 1.82) is 0 Å². The van der Waals surface area contributed by atoms with Crippen LogP contribution >= 0.6 is 11.8 Å². The molecule has 2 aromatic rings. The lowest BCUT2D eigenvalue weighted by Gasteiger charge is -2.03. The zero-order valence-corrected chi connectivity index (χ0v) is 15.8. The maximum atomic E-state index is 12.2. The van der Waals surface area contributed by atoms with E-state index in [0.29, 0.717) is 10.1 Å². The van der Waals surface area contributed by atoms with Crippen molar-refractivity contribution in [2.24, 2.45) is 4.99 Å². The van der Waals surface area contributed by atoms with Gasteiger partial charge in [-0.3, -0.25) is 4.79 Å². The second-order valence-electron chi connectivity index (χ2n) is 5.99. The van der Waals surface area contributed by atoms with Crippen molar-refractivity contribution in [1.82, 2.24) is 5.32 Å². The van der Waals surface area contributed by atoms with Gasteiger partial charge in [-0.1, -0.05) is 43.7 Å². The minimum absolute atomic E-state index is 0.140. The first-order valence-corrected chi connectivity index (χ1v) is 9.53. The standard InChI is InChI=1S/C21H22N2O2S/c1-3-4-7-15-10-12-17(13-11-15)22-21-23-20(24)19(26-21)14-16-8-5-6-9-18(16)25-2/h5-6,8-14H,3-4,7H2,1-2H3,(H,22,23,24). The molecule has 0 atom stereocenters. The number of methoxy groups -OCH3 is 1. The average Bonchev–Trinajstić information content (AvgIpc) is 3.00. The molecule has 134 valence electrons. The van der Waals surface area contributed by atoms with Crippen molar-refractivity contribution in [2.75, 3.05) is 7.11 Å². The summed E-state index contributed by atoms with van der Waals surface area (Å²) in [7, 11) is 1.62. The summed E-state index contributed by atoms with van der Waals surface area (Å²) in [5.41, 5.74) is 3.02. The van der Waals surface area contributed by atoms with E-state index >= 15 is 0 Å². The molecule has 1 heterocycles. The Hall–Kier alpha value is -2.53. The highest BCUT2D eigenvalue weighted by Gasteiger charge is 2.24. The minimum Gasteiger partial charge on any atom is -0.496 e. The number of ether oxygens (including phenoxy) is 1. The predicted octanol–water partition coefficient (Wildman–Crippen LogP) is 4.93.